The molecule has 0 spiro atoms. The molecule has 0 aromatic heterocycles. The van der Waals surface area contributed by atoms with Crippen molar-refractivity contribution >= 4 is 10.0 Å². The van der Waals surface area contributed by atoms with Gasteiger partial charge in [-0.25, -0.2) is 8.42 Å². The lowest BCUT2D eigenvalue weighted by atomic mass is 10.1. The van der Waals surface area contributed by atoms with E-state index in [9.17, 15) is 8.42 Å². The predicted molar refractivity (Wildman–Crippen MR) is 111 cm³/mol. The molecule has 1 aliphatic heterocycles. The molecule has 0 unspecified atom stereocenters. The Hall–Kier alpha value is -1.69. The second kappa shape index (κ2) is 10.0. The monoisotopic (exact) mass is 386 g/mol. The topological polar surface area (TPSA) is 40.6 Å². The van der Waals surface area contributed by atoms with Crippen LogP contribution in [0.1, 0.15) is 24.0 Å². The van der Waals surface area contributed by atoms with Crippen molar-refractivity contribution in [1.29, 1.82) is 0 Å². The van der Waals surface area contributed by atoms with E-state index >= 15 is 0 Å². The fraction of sp³-hybridized carbons (Fsp3) is 0.455. The number of hydrogen-bond acceptors (Lipinski definition) is 3. The van der Waals surface area contributed by atoms with Crippen LogP contribution in [-0.4, -0.2) is 56.1 Å². The van der Waals surface area contributed by atoms with Gasteiger partial charge in [-0.05, 0) is 43.4 Å². The summed E-state index contributed by atoms with van der Waals surface area (Å²) in [7, 11) is -3.13. The largest absolute Gasteiger partial charge is 0.301 e. The molecule has 3 rings (SSSR count). The summed E-state index contributed by atoms with van der Waals surface area (Å²) in [5.74, 6) is 0.246. The van der Waals surface area contributed by atoms with Crippen LogP contribution in [0, 0.1) is 0 Å². The van der Waals surface area contributed by atoms with E-state index in [1.165, 1.54) is 11.1 Å². The van der Waals surface area contributed by atoms with Crippen LogP contribution < -0.4 is 0 Å². The highest BCUT2D eigenvalue weighted by molar-refractivity contribution is 7.89. The van der Waals surface area contributed by atoms with Crippen LogP contribution in [0.15, 0.2) is 60.7 Å². The van der Waals surface area contributed by atoms with Crippen molar-refractivity contribution in [2.24, 2.45) is 0 Å². The Morgan fingerprint density at radius 2 is 1.22 bits per heavy atom. The Balaban J connectivity index is 1.36. The van der Waals surface area contributed by atoms with Crippen LogP contribution in [0.2, 0.25) is 0 Å². The van der Waals surface area contributed by atoms with Gasteiger partial charge in [-0.15, -0.1) is 0 Å². The van der Waals surface area contributed by atoms with Crippen molar-refractivity contribution in [1.82, 2.24) is 9.21 Å². The Labute approximate surface area is 163 Å². The van der Waals surface area contributed by atoms with Crippen LogP contribution in [-0.2, 0) is 22.9 Å². The van der Waals surface area contributed by atoms with E-state index in [2.05, 4.69) is 41.3 Å². The molecule has 1 heterocycles. The molecule has 1 saturated heterocycles. The maximum Gasteiger partial charge on any atom is 0.214 e. The number of sulfonamides is 1. The van der Waals surface area contributed by atoms with Crippen molar-refractivity contribution < 1.29 is 8.42 Å². The van der Waals surface area contributed by atoms with Crippen LogP contribution in [0.5, 0.6) is 0 Å². The predicted octanol–water partition coefficient (Wildman–Crippen LogP) is 3.20. The smallest absolute Gasteiger partial charge is 0.214 e. The lowest BCUT2D eigenvalue weighted by Crippen LogP contribution is -2.49. The molecule has 0 bridgehead atoms. The first-order valence-corrected chi connectivity index (χ1v) is 11.5. The van der Waals surface area contributed by atoms with Gasteiger partial charge in [0.2, 0.25) is 10.0 Å². The van der Waals surface area contributed by atoms with Crippen LogP contribution in [0.4, 0.5) is 0 Å². The second-order valence-corrected chi connectivity index (χ2v) is 9.32. The average molecular weight is 387 g/mol. The van der Waals surface area contributed by atoms with Gasteiger partial charge in [-0.2, -0.15) is 4.31 Å². The molecular formula is C22H30N2O2S. The molecule has 0 radical (unpaired) electrons. The summed E-state index contributed by atoms with van der Waals surface area (Å²) >= 11 is 0. The van der Waals surface area contributed by atoms with Crippen LogP contribution in [0.25, 0.3) is 0 Å². The Morgan fingerprint density at radius 3 is 1.78 bits per heavy atom. The highest BCUT2D eigenvalue weighted by Gasteiger charge is 2.26. The Morgan fingerprint density at radius 1 is 0.704 bits per heavy atom. The normalized spacial score (nSPS) is 16.4. The van der Waals surface area contributed by atoms with E-state index in [4.69, 9.17) is 0 Å². The van der Waals surface area contributed by atoms with Crippen LogP contribution in [0.3, 0.4) is 0 Å². The minimum absolute atomic E-state index is 0.246. The molecule has 27 heavy (non-hydrogen) atoms. The van der Waals surface area contributed by atoms with Crippen molar-refractivity contribution in [2.75, 3.05) is 38.5 Å². The maximum absolute atomic E-state index is 12.6. The second-order valence-electron chi connectivity index (χ2n) is 7.24. The van der Waals surface area contributed by atoms with Gasteiger partial charge >= 0.3 is 0 Å². The van der Waals surface area contributed by atoms with Crippen LogP contribution >= 0.6 is 0 Å². The molecule has 5 heteroatoms. The molecule has 0 amide bonds. The highest BCUT2D eigenvalue weighted by atomic mass is 32.2. The SMILES string of the molecule is O=S(=O)(CCCc1ccccc1)N1CCN(CCCc2ccccc2)CC1. The fourth-order valence-corrected chi connectivity index (χ4v) is 5.10. The average Bonchev–Trinajstić information content (AvgIpc) is 2.70. The molecule has 2 aromatic carbocycles. The zero-order chi connectivity index (χ0) is 19.0. The fourth-order valence-electron chi connectivity index (χ4n) is 3.62. The first-order chi connectivity index (χ1) is 13.1. The Bertz CT molecular complexity index is 770. The molecule has 2 aromatic rings. The summed E-state index contributed by atoms with van der Waals surface area (Å²) < 4.78 is 26.9. The minimum Gasteiger partial charge on any atom is -0.301 e. The van der Waals surface area contributed by atoms with Gasteiger partial charge in [0.15, 0.2) is 0 Å². The molecule has 1 fully saturated rings. The van der Waals surface area contributed by atoms with Gasteiger partial charge in [0, 0.05) is 26.2 Å². The highest BCUT2D eigenvalue weighted by Crippen LogP contribution is 2.12. The van der Waals surface area contributed by atoms with E-state index < -0.39 is 10.0 Å². The molecule has 4 nitrogen and oxygen atoms in total. The third kappa shape index (κ3) is 6.45. The summed E-state index contributed by atoms with van der Waals surface area (Å²) in [4.78, 5) is 2.39. The minimum atomic E-state index is -3.13. The van der Waals surface area contributed by atoms with Crippen molar-refractivity contribution in [3.8, 4) is 0 Å². The molecule has 1 aliphatic rings. The number of hydrogen-bond donors (Lipinski definition) is 0. The summed E-state index contributed by atoms with van der Waals surface area (Å²) in [5, 5.41) is 0. The standard InChI is InChI=1S/C22H30N2O2S/c25-27(26,20-8-14-22-11-5-2-6-12-22)24-18-16-23(17-19-24)15-7-13-21-9-3-1-4-10-21/h1-6,9-12H,7-8,13-20H2. The molecular weight excluding hydrogens is 356 g/mol. The lowest BCUT2D eigenvalue weighted by Gasteiger charge is -2.34. The van der Waals surface area contributed by atoms with Gasteiger partial charge in [-0.3, -0.25) is 0 Å². The molecule has 0 N–H and O–H groups in total. The first kappa shape index (κ1) is 20.1. The third-order valence-corrected chi connectivity index (χ3v) is 7.17. The first-order valence-electron chi connectivity index (χ1n) is 9.91. The number of rotatable bonds is 9. The van der Waals surface area contributed by atoms with E-state index in [-0.39, 0.29) is 5.75 Å². The maximum atomic E-state index is 12.6. The van der Waals surface area contributed by atoms with Gasteiger partial charge in [0.25, 0.3) is 0 Å². The van der Waals surface area contributed by atoms with Gasteiger partial charge in [-0.1, -0.05) is 60.7 Å². The molecule has 0 atom stereocenters. The van der Waals surface area contributed by atoms with Gasteiger partial charge in [0.05, 0.1) is 5.75 Å². The number of benzene rings is 2. The summed E-state index contributed by atoms with van der Waals surface area (Å²) in [5.41, 5.74) is 2.58. The summed E-state index contributed by atoms with van der Waals surface area (Å²) in [6.07, 6.45) is 3.70. The number of aryl methyl sites for hydroxylation is 2. The number of piperazine rings is 1. The van der Waals surface area contributed by atoms with E-state index in [1.54, 1.807) is 4.31 Å². The third-order valence-electron chi connectivity index (χ3n) is 5.22. The Kier molecular flexibility index (Phi) is 7.44. The molecule has 0 saturated carbocycles. The van der Waals surface area contributed by atoms with Gasteiger partial charge in [0.1, 0.15) is 0 Å². The molecule has 0 aliphatic carbocycles. The number of nitrogens with zero attached hydrogens (tertiary/aromatic N) is 2. The van der Waals surface area contributed by atoms with Crippen molar-refractivity contribution in [3.05, 3.63) is 71.8 Å². The lowest BCUT2D eigenvalue weighted by molar-refractivity contribution is 0.187. The van der Waals surface area contributed by atoms with E-state index in [0.717, 1.165) is 38.9 Å². The van der Waals surface area contributed by atoms with Crippen molar-refractivity contribution in [2.45, 2.75) is 25.7 Å². The summed E-state index contributed by atoms with van der Waals surface area (Å²) in [6.45, 7) is 3.97. The zero-order valence-electron chi connectivity index (χ0n) is 16.0. The van der Waals surface area contributed by atoms with E-state index in [1.807, 2.05) is 24.3 Å². The van der Waals surface area contributed by atoms with Crippen molar-refractivity contribution in [3.63, 3.8) is 0 Å². The zero-order valence-corrected chi connectivity index (χ0v) is 16.8. The molecule has 146 valence electrons. The van der Waals surface area contributed by atoms with E-state index in [0.29, 0.717) is 19.5 Å². The quantitative estimate of drug-likeness (QED) is 0.664. The summed E-state index contributed by atoms with van der Waals surface area (Å²) in [6, 6.07) is 20.6. The van der Waals surface area contributed by atoms with Gasteiger partial charge < -0.3 is 4.90 Å².